The third-order valence-electron chi connectivity index (χ3n) is 5.92. The second-order valence-corrected chi connectivity index (χ2v) is 11.6. The third-order valence-corrected chi connectivity index (χ3v) is 7.37. The molecule has 0 aliphatic carbocycles. The molecule has 9 heteroatoms. The number of nitrogens with zero attached hydrogens (tertiary/aromatic N) is 4. The summed E-state index contributed by atoms with van der Waals surface area (Å²) >= 11 is 4.73. The van der Waals surface area contributed by atoms with Gasteiger partial charge in [-0.2, -0.15) is 5.10 Å². The van der Waals surface area contributed by atoms with Crippen molar-refractivity contribution in [2.45, 2.75) is 38.3 Å². The molecule has 0 saturated carbocycles. The molecular formula is C29H30BrN5O2S. The number of rotatable bonds is 8. The number of thioether (sulfide) groups is 1. The molecule has 0 bridgehead atoms. The molecule has 1 heterocycles. The predicted molar refractivity (Wildman–Crippen MR) is 157 cm³/mol. The molecule has 0 atom stereocenters. The number of carbonyl (C=O) groups is 1. The lowest BCUT2D eigenvalue weighted by molar-refractivity contribution is -0.118. The maximum Gasteiger partial charge on any atom is 0.250 e. The van der Waals surface area contributed by atoms with Gasteiger partial charge in [0.2, 0.25) is 0 Å². The lowest BCUT2D eigenvalue weighted by atomic mass is 9.87. The van der Waals surface area contributed by atoms with Gasteiger partial charge in [-0.1, -0.05) is 84.9 Å². The van der Waals surface area contributed by atoms with Crippen LogP contribution in [0.2, 0.25) is 0 Å². The normalized spacial score (nSPS) is 11.9. The first-order chi connectivity index (χ1) is 18.2. The lowest BCUT2D eigenvalue weighted by Gasteiger charge is -2.19. The summed E-state index contributed by atoms with van der Waals surface area (Å²) in [6.07, 6.45) is 0. The van der Waals surface area contributed by atoms with Gasteiger partial charge in [0.1, 0.15) is 5.75 Å². The number of aromatic nitrogens is 3. The Morgan fingerprint density at radius 3 is 2.26 bits per heavy atom. The standard InChI is InChI=1S/C29H30BrN5O2S/c1-19(20-8-12-23(30)13-9-20)31-32-26(36)18-38-28-34-33-27(21-6-10-22(11-7-21)29(2,3)4)35(28)24-14-16-25(37-5)17-15-24/h6-17H,18H2,1-5H3,(H,32,36)/b31-19-. The van der Waals surface area contributed by atoms with E-state index in [-0.39, 0.29) is 17.1 Å². The molecular weight excluding hydrogens is 562 g/mol. The molecule has 4 aromatic rings. The number of carbonyl (C=O) groups excluding carboxylic acids is 1. The topological polar surface area (TPSA) is 81.4 Å². The highest BCUT2D eigenvalue weighted by atomic mass is 79.9. The number of methoxy groups -OCH3 is 1. The molecule has 38 heavy (non-hydrogen) atoms. The number of benzene rings is 3. The summed E-state index contributed by atoms with van der Waals surface area (Å²) in [5.41, 5.74) is 7.39. The van der Waals surface area contributed by atoms with Crippen molar-refractivity contribution in [1.82, 2.24) is 20.2 Å². The summed E-state index contributed by atoms with van der Waals surface area (Å²) in [5, 5.41) is 13.8. The van der Waals surface area contributed by atoms with Gasteiger partial charge < -0.3 is 4.74 Å². The quantitative estimate of drug-likeness (QED) is 0.141. The van der Waals surface area contributed by atoms with Crippen LogP contribution in [0.3, 0.4) is 0 Å². The molecule has 0 saturated heterocycles. The first-order valence-corrected chi connectivity index (χ1v) is 13.9. The molecule has 0 aliphatic rings. The van der Waals surface area contributed by atoms with Crippen molar-refractivity contribution in [2.75, 3.05) is 12.9 Å². The van der Waals surface area contributed by atoms with E-state index >= 15 is 0 Å². The Bertz CT molecular complexity index is 1420. The van der Waals surface area contributed by atoms with E-state index in [1.807, 2.05) is 60.0 Å². The van der Waals surface area contributed by atoms with Crippen LogP contribution in [0, 0.1) is 0 Å². The van der Waals surface area contributed by atoms with Crippen LogP contribution < -0.4 is 10.2 Å². The van der Waals surface area contributed by atoms with E-state index in [1.54, 1.807) is 7.11 Å². The molecule has 1 aromatic heterocycles. The fourth-order valence-electron chi connectivity index (χ4n) is 3.70. The lowest BCUT2D eigenvalue weighted by Crippen LogP contribution is -2.21. The van der Waals surface area contributed by atoms with Crippen molar-refractivity contribution in [3.05, 3.63) is 88.4 Å². The summed E-state index contributed by atoms with van der Waals surface area (Å²) in [4.78, 5) is 12.6. The molecule has 0 fully saturated rings. The number of hydrogen-bond acceptors (Lipinski definition) is 6. The fourth-order valence-corrected chi connectivity index (χ4v) is 4.71. The van der Waals surface area contributed by atoms with E-state index in [4.69, 9.17) is 4.74 Å². The van der Waals surface area contributed by atoms with Gasteiger partial charge in [-0.15, -0.1) is 10.2 Å². The van der Waals surface area contributed by atoms with Crippen LogP contribution in [-0.4, -0.2) is 39.2 Å². The number of halogens is 1. The summed E-state index contributed by atoms with van der Waals surface area (Å²) < 4.78 is 8.27. The number of amides is 1. The first-order valence-electron chi connectivity index (χ1n) is 12.1. The molecule has 3 aromatic carbocycles. The van der Waals surface area contributed by atoms with Crippen molar-refractivity contribution >= 4 is 39.3 Å². The first kappa shape index (κ1) is 27.6. The zero-order valence-corrected chi connectivity index (χ0v) is 24.4. The van der Waals surface area contributed by atoms with Crippen molar-refractivity contribution in [3.63, 3.8) is 0 Å². The molecule has 0 aliphatic heterocycles. The van der Waals surface area contributed by atoms with Crippen LogP contribution in [0.15, 0.2) is 87.5 Å². The van der Waals surface area contributed by atoms with Crippen LogP contribution in [0.5, 0.6) is 5.75 Å². The minimum atomic E-state index is -0.230. The van der Waals surface area contributed by atoms with Gasteiger partial charge in [0.15, 0.2) is 11.0 Å². The van der Waals surface area contributed by atoms with Gasteiger partial charge in [0.05, 0.1) is 18.6 Å². The smallest absolute Gasteiger partial charge is 0.250 e. The maximum atomic E-state index is 12.6. The van der Waals surface area contributed by atoms with Crippen LogP contribution in [0.4, 0.5) is 0 Å². The Labute approximate surface area is 235 Å². The number of hydrogen-bond donors (Lipinski definition) is 1. The van der Waals surface area contributed by atoms with Gasteiger partial charge in [0.25, 0.3) is 5.91 Å². The Kier molecular flexibility index (Phi) is 8.69. The molecule has 1 N–H and O–H groups in total. The van der Waals surface area contributed by atoms with Crippen molar-refractivity contribution in [3.8, 4) is 22.8 Å². The Balaban J connectivity index is 1.56. The van der Waals surface area contributed by atoms with Gasteiger partial charge in [-0.25, -0.2) is 5.43 Å². The Morgan fingerprint density at radius 2 is 1.66 bits per heavy atom. The van der Waals surface area contributed by atoms with Crippen LogP contribution >= 0.6 is 27.7 Å². The zero-order chi connectivity index (χ0) is 27.3. The number of hydrazone groups is 1. The highest BCUT2D eigenvalue weighted by Crippen LogP contribution is 2.30. The van der Waals surface area contributed by atoms with Crippen LogP contribution in [-0.2, 0) is 10.2 Å². The highest BCUT2D eigenvalue weighted by molar-refractivity contribution is 9.10. The van der Waals surface area contributed by atoms with Gasteiger partial charge in [-0.3, -0.25) is 9.36 Å². The molecule has 0 radical (unpaired) electrons. The van der Waals surface area contributed by atoms with Gasteiger partial charge >= 0.3 is 0 Å². The average Bonchev–Trinajstić information content (AvgIpc) is 3.34. The van der Waals surface area contributed by atoms with E-state index in [9.17, 15) is 4.79 Å². The second-order valence-electron chi connectivity index (χ2n) is 9.69. The molecule has 0 unspecified atom stereocenters. The molecule has 1 amide bonds. The minimum Gasteiger partial charge on any atom is -0.497 e. The summed E-state index contributed by atoms with van der Waals surface area (Å²) in [7, 11) is 1.64. The Morgan fingerprint density at radius 1 is 1.00 bits per heavy atom. The number of ether oxygens (including phenoxy) is 1. The summed E-state index contributed by atoms with van der Waals surface area (Å²) in [6, 6.07) is 23.8. The summed E-state index contributed by atoms with van der Waals surface area (Å²) in [5.74, 6) is 1.36. The van der Waals surface area contributed by atoms with E-state index < -0.39 is 0 Å². The van der Waals surface area contributed by atoms with E-state index in [2.05, 4.69) is 81.7 Å². The van der Waals surface area contributed by atoms with Gasteiger partial charge in [0, 0.05) is 15.7 Å². The maximum absolute atomic E-state index is 12.6. The molecule has 7 nitrogen and oxygen atoms in total. The number of nitrogens with one attached hydrogen (secondary N) is 1. The third kappa shape index (κ3) is 6.71. The largest absolute Gasteiger partial charge is 0.497 e. The average molecular weight is 593 g/mol. The second kappa shape index (κ2) is 12.0. The predicted octanol–water partition coefficient (Wildman–Crippen LogP) is 6.64. The molecule has 4 rings (SSSR count). The Hall–Kier alpha value is -3.43. The van der Waals surface area contributed by atoms with Crippen molar-refractivity contribution < 1.29 is 9.53 Å². The van der Waals surface area contributed by atoms with E-state index in [1.165, 1.54) is 17.3 Å². The van der Waals surface area contributed by atoms with Crippen LogP contribution in [0.25, 0.3) is 17.1 Å². The van der Waals surface area contributed by atoms with E-state index in [0.717, 1.165) is 32.7 Å². The van der Waals surface area contributed by atoms with E-state index in [0.29, 0.717) is 11.0 Å². The molecule has 196 valence electrons. The van der Waals surface area contributed by atoms with Crippen molar-refractivity contribution in [1.29, 1.82) is 0 Å². The van der Waals surface area contributed by atoms with Crippen molar-refractivity contribution in [2.24, 2.45) is 5.10 Å². The highest BCUT2D eigenvalue weighted by Gasteiger charge is 2.19. The minimum absolute atomic E-state index is 0.0504. The van der Waals surface area contributed by atoms with Gasteiger partial charge in [-0.05, 0) is 59.9 Å². The SMILES string of the molecule is COc1ccc(-n2c(SCC(=O)N/N=C(/C)c3ccc(Br)cc3)nnc2-c2ccc(C(C)(C)C)cc2)cc1. The van der Waals surface area contributed by atoms with Crippen LogP contribution in [0.1, 0.15) is 38.8 Å². The fraction of sp³-hybridized carbons (Fsp3) is 0.241. The monoisotopic (exact) mass is 591 g/mol. The summed E-state index contributed by atoms with van der Waals surface area (Å²) in [6.45, 7) is 8.42. The zero-order valence-electron chi connectivity index (χ0n) is 22.0. The molecule has 0 spiro atoms.